The second kappa shape index (κ2) is 2.72. The minimum atomic E-state index is -0.577. The maximum Gasteiger partial charge on any atom is 0.312 e. The first-order valence-corrected chi connectivity index (χ1v) is 4.93. The van der Waals surface area contributed by atoms with E-state index in [4.69, 9.17) is 4.74 Å². The number of ether oxygens (including phenoxy) is 1. The summed E-state index contributed by atoms with van der Waals surface area (Å²) in [5.74, 6) is -0.230. The molecule has 0 aromatic rings. The highest BCUT2D eigenvalue weighted by molar-refractivity contribution is 5.97. The van der Waals surface area contributed by atoms with Crippen LogP contribution in [0.2, 0.25) is 0 Å². The van der Waals surface area contributed by atoms with Crippen molar-refractivity contribution in [2.45, 2.75) is 26.2 Å². The van der Waals surface area contributed by atoms with Crippen molar-refractivity contribution in [2.75, 3.05) is 13.7 Å². The lowest BCUT2D eigenvalue weighted by atomic mass is 9.86. The first kappa shape index (κ1) is 9.49. The van der Waals surface area contributed by atoms with Crippen LogP contribution >= 0.6 is 0 Å². The van der Waals surface area contributed by atoms with Crippen LogP contribution in [-0.4, -0.2) is 25.5 Å². The predicted octanol–water partition coefficient (Wildman–Crippen LogP) is 0.466. The first-order valence-electron chi connectivity index (χ1n) is 4.93. The number of rotatable bonds is 1. The summed E-state index contributed by atoms with van der Waals surface area (Å²) in [4.78, 5) is 23.2. The topological polar surface area (TPSA) is 55.4 Å². The normalized spacial score (nSPS) is 40.6. The molecule has 2 rings (SSSR count). The van der Waals surface area contributed by atoms with E-state index < -0.39 is 10.8 Å². The largest absolute Gasteiger partial charge is 0.469 e. The number of nitrogens with one attached hydrogen (secondary N) is 1. The van der Waals surface area contributed by atoms with Gasteiger partial charge in [-0.3, -0.25) is 9.59 Å². The first-order chi connectivity index (χ1) is 6.57. The zero-order valence-electron chi connectivity index (χ0n) is 8.55. The molecule has 2 aliphatic rings. The summed E-state index contributed by atoms with van der Waals surface area (Å²) in [6.45, 7) is 2.56. The predicted molar refractivity (Wildman–Crippen MR) is 49.4 cm³/mol. The molecule has 2 fully saturated rings. The lowest BCUT2D eigenvalue weighted by Crippen LogP contribution is -2.42. The minimum Gasteiger partial charge on any atom is -0.469 e. The van der Waals surface area contributed by atoms with Crippen LogP contribution in [0.5, 0.6) is 0 Å². The molecule has 78 valence electrons. The van der Waals surface area contributed by atoms with Crippen molar-refractivity contribution in [3.8, 4) is 0 Å². The third-order valence-corrected chi connectivity index (χ3v) is 3.72. The molecule has 0 radical (unpaired) electrons. The zero-order valence-corrected chi connectivity index (χ0v) is 8.55. The summed E-state index contributed by atoms with van der Waals surface area (Å²) in [6.07, 6.45) is 2.40. The Balaban J connectivity index is 2.21. The van der Waals surface area contributed by atoms with Gasteiger partial charge in [0.2, 0.25) is 5.91 Å². The lowest BCUT2D eigenvalue weighted by molar-refractivity contribution is -0.150. The van der Waals surface area contributed by atoms with Gasteiger partial charge in [-0.2, -0.15) is 0 Å². The third kappa shape index (κ3) is 0.938. The van der Waals surface area contributed by atoms with E-state index in [-0.39, 0.29) is 11.9 Å². The average Bonchev–Trinajstić information content (AvgIpc) is 2.78. The Kier molecular flexibility index (Phi) is 1.84. The number of piperidine rings is 1. The molecule has 1 amide bonds. The van der Waals surface area contributed by atoms with Crippen molar-refractivity contribution in [3.05, 3.63) is 0 Å². The van der Waals surface area contributed by atoms with Gasteiger partial charge in [0.25, 0.3) is 0 Å². The fourth-order valence-corrected chi connectivity index (χ4v) is 2.62. The SMILES string of the molecule is COC(=O)C1(C)CC12CCCNC2=O. The Labute approximate surface area is 83.0 Å². The number of amides is 1. The van der Waals surface area contributed by atoms with Gasteiger partial charge in [-0.05, 0) is 26.2 Å². The third-order valence-electron chi connectivity index (χ3n) is 3.72. The van der Waals surface area contributed by atoms with Gasteiger partial charge < -0.3 is 10.1 Å². The summed E-state index contributed by atoms with van der Waals surface area (Å²) >= 11 is 0. The Morgan fingerprint density at radius 2 is 2.29 bits per heavy atom. The maximum atomic E-state index is 11.7. The molecule has 2 unspecified atom stereocenters. The van der Waals surface area contributed by atoms with Gasteiger partial charge in [-0.1, -0.05) is 0 Å². The molecule has 1 aliphatic carbocycles. The van der Waals surface area contributed by atoms with Gasteiger partial charge >= 0.3 is 5.97 Å². The second-order valence-electron chi connectivity index (χ2n) is 4.44. The van der Waals surface area contributed by atoms with Gasteiger partial charge in [0, 0.05) is 6.54 Å². The highest BCUT2D eigenvalue weighted by Gasteiger charge is 2.73. The Morgan fingerprint density at radius 3 is 2.86 bits per heavy atom. The molecule has 0 aromatic heterocycles. The molecule has 14 heavy (non-hydrogen) atoms. The smallest absolute Gasteiger partial charge is 0.312 e. The van der Waals surface area contributed by atoms with E-state index in [1.165, 1.54) is 7.11 Å². The maximum absolute atomic E-state index is 11.7. The van der Waals surface area contributed by atoms with Gasteiger partial charge in [-0.15, -0.1) is 0 Å². The molecule has 4 heteroatoms. The van der Waals surface area contributed by atoms with E-state index in [9.17, 15) is 9.59 Å². The van der Waals surface area contributed by atoms with Crippen molar-refractivity contribution in [3.63, 3.8) is 0 Å². The van der Waals surface area contributed by atoms with Crippen LogP contribution in [0.1, 0.15) is 26.2 Å². The van der Waals surface area contributed by atoms with Crippen molar-refractivity contribution >= 4 is 11.9 Å². The summed E-state index contributed by atoms with van der Waals surface area (Å²) in [7, 11) is 1.38. The van der Waals surface area contributed by atoms with E-state index in [0.717, 1.165) is 19.4 Å². The van der Waals surface area contributed by atoms with Gasteiger partial charge in [0.1, 0.15) is 0 Å². The Morgan fingerprint density at radius 1 is 1.57 bits per heavy atom. The molecule has 1 N–H and O–H groups in total. The molecule has 1 spiro atoms. The Hall–Kier alpha value is -1.06. The fourth-order valence-electron chi connectivity index (χ4n) is 2.62. The molecule has 1 saturated heterocycles. The minimum absolute atomic E-state index is 0.0247. The highest BCUT2D eigenvalue weighted by Crippen LogP contribution is 2.67. The number of carbonyl (C=O) groups excluding carboxylic acids is 2. The summed E-state index contributed by atoms with van der Waals surface area (Å²) in [5, 5.41) is 2.82. The quantitative estimate of drug-likeness (QED) is 0.621. The molecule has 1 saturated carbocycles. The molecule has 0 aromatic carbocycles. The van der Waals surface area contributed by atoms with Crippen molar-refractivity contribution < 1.29 is 14.3 Å². The van der Waals surface area contributed by atoms with Gasteiger partial charge in [-0.25, -0.2) is 0 Å². The van der Waals surface area contributed by atoms with Crippen LogP contribution in [0.15, 0.2) is 0 Å². The van der Waals surface area contributed by atoms with Crippen LogP contribution < -0.4 is 5.32 Å². The van der Waals surface area contributed by atoms with E-state index in [0.29, 0.717) is 6.42 Å². The standard InChI is InChI=1S/C10H15NO3/c1-9(8(13)14-2)6-10(9)4-3-5-11-7(10)12/h3-6H2,1-2H3,(H,11,12). The Bertz CT molecular complexity index is 302. The molecule has 4 nitrogen and oxygen atoms in total. The summed E-state index contributed by atoms with van der Waals surface area (Å²) in [6, 6.07) is 0. The zero-order chi connectivity index (χ0) is 10.4. The molecular weight excluding hydrogens is 182 g/mol. The van der Waals surface area contributed by atoms with Crippen LogP contribution in [0, 0.1) is 10.8 Å². The molecule has 2 atom stereocenters. The highest BCUT2D eigenvalue weighted by atomic mass is 16.5. The van der Waals surface area contributed by atoms with Crippen molar-refractivity contribution in [1.82, 2.24) is 5.32 Å². The van der Waals surface area contributed by atoms with Crippen LogP contribution in [0.25, 0.3) is 0 Å². The van der Waals surface area contributed by atoms with Crippen LogP contribution in [0.4, 0.5) is 0 Å². The number of hydrogen-bond donors (Lipinski definition) is 1. The monoisotopic (exact) mass is 197 g/mol. The molecule has 1 aliphatic heterocycles. The van der Waals surface area contributed by atoms with Gasteiger partial charge in [0.05, 0.1) is 17.9 Å². The van der Waals surface area contributed by atoms with Crippen LogP contribution in [0.3, 0.4) is 0 Å². The summed E-state index contributed by atoms with van der Waals surface area (Å²) in [5.41, 5.74) is -1.04. The molecule has 0 bridgehead atoms. The lowest BCUT2D eigenvalue weighted by Gasteiger charge is -2.25. The van der Waals surface area contributed by atoms with E-state index in [1.54, 1.807) is 0 Å². The van der Waals surface area contributed by atoms with Crippen LogP contribution in [-0.2, 0) is 14.3 Å². The van der Waals surface area contributed by atoms with Gasteiger partial charge in [0.15, 0.2) is 0 Å². The number of esters is 1. The number of carbonyl (C=O) groups is 2. The van der Waals surface area contributed by atoms with Crippen molar-refractivity contribution in [1.29, 1.82) is 0 Å². The number of methoxy groups -OCH3 is 1. The van der Waals surface area contributed by atoms with E-state index >= 15 is 0 Å². The van der Waals surface area contributed by atoms with E-state index in [1.807, 2.05) is 6.92 Å². The average molecular weight is 197 g/mol. The van der Waals surface area contributed by atoms with Crippen molar-refractivity contribution in [2.24, 2.45) is 10.8 Å². The molecular formula is C10H15NO3. The number of hydrogen-bond acceptors (Lipinski definition) is 3. The summed E-state index contributed by atoms with van der Waals surface area (Å²) < 4.78 is 4.73. The van der Waals surface area contributed by atoms with E-state index in [2.05, 4.69) is 5.32 Å². The fraction of sp³-hybridized carbons (Fsp3) is 0.800. The molecule has 1 heterocycles. The second-order valence-corrected chi connectivity index (χ2v) is 4.44.